The molecule has 0 radical (unpaired) electrons. The van der Waals surface area contributed by atoms with Crippen molar-refractivity contribution < 1.29 is 19.8 Å². The summed E-state index contributed by atoms with van der Waals surface area (Å²) in [6, 6.07) is 1.35. The van der Waals surface area contributed by atoms with Crippen LogP contribution in [0.2, 0.25) is 0 Å². The molecular weight excluding hydrogens is 286 g/mol. The van der Waals surface area contributed by atoms with Crippen molar-refractivity contribution in [1.82, 2.24) is 4.57 Å². The van der Waals surface area contributed by atoms with Crippen molar-refractivity contribution in [3.63, 3.8) is 0 Å². The molecule has 0 bridgehead atoms. The van der Waals surface area contributed by atoms with Gasteiger partial charge in [-0.25, -0.2) is 9.59 Å². The molecule has 78 valence electrons. The maximum Gasteiger partial charge on any atom is 0.416 e. The first kappa shape index (κ1) is 10.2. The number of hydrogen-bond acceptors (Lipinski definition) is 3. The summed E-state index contributed by atoms with van der Waals surface area (Å²) in [5, 5.41) is 17.6. The van der Waals surface area contributed by atoms with E-state index in [4.69, 9.17) is 10.2 Å². The molecular formula is C8H4BrNO4S. The van der Waals surface area contributed by atoms with Gasteiger partial charge in [0.25, 0.3) is 0 Å². The van der Waals surface area contributed by atoms with E-state index in [1.807, 2.05) is 0 Å². The van der Waals surface area contributed by atoms with Gasteiger partial charge in [-0.2, -0.15) is 0 Å². The van der Waals surface area contributed by atoms with Crippen molar-refractivity contribution in [2.75, 3.05) is 0 Å². The summed E-state index contributed by atoms with van der Waals surface area (Å²) in [5.41, 5.74) is 0.386. The Morgan fingerprint density at radius 3 is 2.60 bits per heavy atom. The standard InChI is InChI=1S/C8H4BrNO4S/c9-3-2-10(8(13)14)4-1-5(7(11)12)15-6(3)4/h1-2H,(H,11,12)(H,13,14). The number of thiophene rings is 1. The fourth-order valence-corrected chi connectivity index (χ4v) is 2.78. The summed E-state index contributed by atoms with van der Waals surface area (Å²) in [6.45, 7) is 0. The van der Waals surface area contributed by atoms with E-state index in [0.717, 1.165) is 15.9 Å². The van der Waals surface area contributed by atoms with Crippen LogP contribution in [-0.2, 0) is 0 Å². The highest BCUT2D eigenvalue weighted by atomic mass is 79.9. The molecule has 0 aliphatic rings. The van der Waals surface area contributed by atoms with Crippen LogP contribution in [0.25, 0.3) is 10.2 Å². The molecule has 0 fully saturated rings. The molecule has 0 aromatic carbocycles. The van der Waals surface area contributed by atoms with Gasteiger partial charge in [0.15, 0.2) is 0 Å². The number of aromatic nitrogens is 1. The van der Waals surface area contributed by atoms with E-state index in [0.29, 0.717) is 14.7 Å². The molecule has 0 aliphatic heterocycles. The van der Waals surface area contributed by atoms with Gasteiger partial charge in [0.05, 0.1) is 14.7 Å². The van der Waals surface area contributed by atoms with Crippen molar-refractivity contribution in [1.29, 1.82) is 0 Å². The first-order valence-corrected chi connectivity index (χ1v) is 5.38. The van der Waals surface area contributed by atoms with Gasteiger partial charge in [-0.1, -0.05) is 0 Å². The van der Waals surface area contributed by atoms with Gasteiger partial charge in [0.1, 0.15) is 4.88 Å². The fraction of sp³-hybridized carbons (Fsp3) is 0. The van der Waals surface area contributed by atoms with E-state index in [-0.39, 0.29) is 4.88 Å². The van der Waals surface area contributed by atoms with Crippen molar-refractivity contribution >= 4 is 49.5 Å². The predicted octanol–water partition coefficient (Wildman–Crippen LogP) is 2.69. The third-order valence-corrected chi connectivity index (χ3v) is 3.86. The monoisotopic (exact) mass is 289 g/mol. The average molecular weight is 290 g/mol. The Morgan fingerprint density at radius 1 is 1.40 bits per heavy atom. The molecule has 0 amide bonds. The van der Waals surface area contributed by atoms with Crippen LogP contribution in [0.4, 0.5) is 4.79 Å². The first-order valence-electron chi connectivity index (χ1n) is 3.77. The molecule has 0 saturated carbocycles. The third kappa shape index (κ3) is 1.53. The topological polar surface area (TPSA) is 79.5 Å². The Hall–Kier alpha value is -1.34. The summed E-state index contributed by atoms with van der Waals surface area (Å²) in [4.78, 5) is 21.6. The largest absolute Gasteiger partial charge is 0.477 e. The van der Waals surface area contributed by atoms with Crippen molar-refractivity contribution in [3.8, 4) is 0 Å². The molecule has 2 aromatic rings. The second kappa shape index (κ2) is 3.35. The minimum Gasteiger partial charge on any atom is -0.477 e. The summed E-state index contributed by atoms with van der Waals surface area (Å²) >= 11 is 4.22. The van der Waals surface area contributed by atoms with E-state index in [1.54, 1.807) is 0 Å². The van der Waals surface area contributed by atoms with Gasteiger partial charge in [-0.15, -0.1) is 11.3 Å². The van der Waals surface area contributed by atoms with Crippen LogP contribution < -0.4 is 0 Å². The van der Waals surface area contributed by atoms with Crippen molar-refractivity contribution in [2.24, 2.45) is 0 Å². The molecule has 5 nitrogen and oxygen atoms in total. The number of aromatic carboxylic acids is 1. The lowest BCUT2D eigenvalue weighted by Gasteiger charge is -1.92. The van der Waals surface area contributed by atoms with Gasteiger partial charge in [-0.05, 0) is 22.0 Å². The van der Waals surface area contributed by atoms with Crippen LogP contribution >= 0.6 is 27.3 Å². The molecule has 2 aromatic heterocycles. The van der Waals surface area contributed by atoms with E-state index >= 15 is 0 Å². The number of rotatable bonds is 1. The zero-order valence-electron chi connectivity index (χ0n) is 7.10. The molecule has 0 spiro atoms. The van der Waals surface area contributed by atoms with Crippen LogP contribution in [0, 0.1) is 0 Å². The van der Waals surface area contributed by atoms with E-state index in [9.17, 15) is 9.59 Å². The van der Waals surface area contributed by atoms with E-state index < -0.39 is 12.1 Å². The lowest BCUT2D eigenvalue weighted by atomic mass is 10.4. The smallest absolute Gasteiger partial charge is 0.416 e. The van der Waals surface area contributed by atoms with Gasteiger partial charge in [0.2, 0.25) is 0 Å². The summed E-state index contributed by atoms with van der Waals surface area (Å²) in [7, 11) is 0. The number of carbonyl (C=O) groups is 2. The zero-order valence-corrected chi connectivity index (χ0v) is 9.50. The van der Waals surface area contributed by atoms with Crippen LogP contribution in [0.5, 0.6) is 0 Å². The van der Waals surface area contributed by atoms with Crippen molar-refractivity contribution in [3.05, 3.63) is 21.6 Å². The molecule has 0 aliphatic carbocycles. The summed E-state index contributed by atoms with van der Waals surface area (Å²) in [5.74, 6) is -1.06. The molecule has 0 saturated heterocycles. The Bertz CT molecular complexity index is 570. The quantitative estimate of drug-likeness (QED) is 0.846. The second-order valence-corrected chi connectivity index (χ2v) is 4.67. The minimum absolute atomic E-state index is 0.122. The Balaban J connectivity index is 2.75. The zero-order chi connectivity index (χ0) is 11.2. The Morgan fingerprint density at radius 2 is 2.07 bits per heavy atom. The molecule has 2 N–H and O–H groups in total. The van der Waals surface area contributed by atoms with Crippen LogP contribution in [0.15, 0.2) is 16.7 Å². The average Bonchev–Trinajstić information content (AvgIpc) is 2.66. The highest BCUT2D eigenvalue weighted by Gasteiger charge is 2.17. The molecule has 15 heavy (non-hydrogen) atoms. The molecule has 0 atom stereocenters. The Labute approximate surface area is 95.7 Å². The number of nitrogens with zero attached hydrogens (tertiary/aromatic N) is 1. The maximum atomic E-state index is 10.8. The van der Waals surface area contributed by atoms with Crippen LogP contribution in [0.3, 0.4) is 0 Å². The molecule has 2 heterocycles. The highest BCUT2D eigenvalue weighted by Crippen LogP contribution is 2.33. The molecule has 2 rings (SSSR count). The third-order valence-electron chi connectivity index (χ3n) is 1.85. The van der Waals surface area contributed by atoms with Gasteiger partial charge in [-0.3, -0.25) is 4.57 Å². The first-order chi connectivity index (χ1) is 7.00. The van der Waals surface area contributed by atoms with E-state index in [1.165, 1.54) is 12.3 Å². The highest BCUT2D eigenvalue weighted by molar-refractivity contribution is 9.10. The number of halogens is 1. The molecule has 7 heteroatoms. The van der Waals surface area contributed by atoms with Crippen LogP contribution in [0.1, 0.15) is 9.67 Å². The number of fused-ring (bicyclic) bond motifs is 1. The minimum atomic E-state index is -1.14. The van der Waals surface area contributed by atoms with E-state index in [2.05, 4.69) is 15.9 Å². The fourth-order valence-electron chi connectivity index (χ4n) is 1.24. The predicted molar refractivity (Wildman–Crippen MR) is 57.9 cm³/mol. The Kier molecular flexibility index (Phi) is 2.28. The SMILES string of the molecule is O=C(O)c1cc2c(s1)c(Br)cn2C(=O)O. The maximum absolute atomic E-state index is 10.8. The summed E-state index contributed by atoms with van der Waals surface area (Å²) in [6.07, 6.45) is 0.259. The normalized spacial score (nSPS) is 10.7. The van der Waals surface area contributed by atoms with Crippen LogP contribution in [-0.4, -0.2) is 26.8 Å². The lowest BCUT2D eigenvalue weighted by molar-refractivity contribution is 0.0702. The number of hydrogen-bond donors (Lipinski definition) is 2. The second-order valence-electron chi connectivity index (χ2n) is 2.76. The summed E-state index contributed by atoms with van der Waals surface area (Å²) < 4.78 is 2.19. The van der Waals surface area contributed by atoms with Gasteiger partial charge in [0, 0.05) is 6.20 Å². The van der Waals surface area contributed by atoms with Crippen molar-refractivity contribution in [2.45, 2.75) is 0 Å². The van der Waals surface area contributed by atoms with Gasteiger partial charge >= 0.3 is 12.1 Å². The number of carboxylic acid groups (broad SMARTS) is 2. The molecule has 0 unspecified atom stereocenters. The lowest BCUT2D eigenvalue weighted by Crippen LogP contribution is -2.05. The number of carboxylic acids is 1. The van der Waals surface area contributed by atoms with Gasteiger partial charge < -0.3 is 10.2 Å².